The molecule has 0 fully saturated rings. The quantitative estimate of drug-likeness (QED) is 0.801. The van der Waals surface area contributed by atoms with Gasteiger partial charge >= 0.3 is 0 Å². The van der Waals surface area contributed by atoms with Crippen molar-refractivity contribution in [2.45, 2.75) is 19.9 Å². The average molecular weight is 288 g/mol. The first kappa shape index (κ1) is 12.9. The predicted molar refractivity (Wildman–Crippen MR) is 78.9 cm³/mol. The number of rotatable bonds is 4. The molecule has 5 nitrogen and oxygen atoms in total. The lowest BCUT2D eigenvalue weighted by molar-refractivity contribution is 0.822. The Morgan fingerprint density at radius 3 is 2.65 bits per heavy atom. The number of nitrogens with zero attached hydrogens (tertiary/aromatic N) is 4. The van der Waals surface area contributed by atoms with Crippen molar-refractivity contribution in [1.29, 1.82) is 0 Å². The summed E-state index contributed by atoms with van der Waals surface area (Å²) < 4.78 is 1.77. The zero-order chi connectivity index (χ0) is 13.9. The zero-order valence-electron chi connectivity index (χ0n) is 11.0. The minimum absolute atomic E-state index is 0.694. The molecule has 2 heterocycles. The Morgan fingerprint density at radius 1 is 1.10 bits per heavy atom. The van der Waals surface area contributed by atoms with Gasteiger partial charge in [0.25, 0.3) is 0 Å². The molecule has 20 heavy (non-hydrogen) atoms. The van der Waals surface area contributed by atoms with Crippen LogP contribution in [0.2, 0.25) is 5.02 Å². The third kappa shape index (κ3) is 2.58. The second kappa shape index (κ2) is 5.46. The standard InChI is InChI=1S/C14H14ClN5/c1-2-13-17-18-14-8-7-12(19-20(13)14)16-9-10-3-5-11(15)6-4-10/h3-8H,2,9H2,1H3,(H,16,19). The summed E-state index contributed by atoms with van der Waals surface area (Å²) in [7, 11) is 0. The van der Waals surface area contributed by atoms with Crippen molar-refractivity contribution in [3.05, 3.63) is 52.8 Å². The molecule has 0 aliphatic heterocycles. The molecule has 0 bridgehead atoms. The Hall–Kier alpha value is -2.14. The van der Waals surface area contributed by atoms with Gasteiger partial charge in [0, 0.05) is 18.0 Å². The van der Waals surface area contributed by atoms with E-state index in [-0.39, 0.29) is 0 Å². The molecule has 1 N–H and O–H groups in total. The van der Waals surface area contributed by atoms with Crippen molar-refractivity contribution in [2.24, 2.45) is 0 Å². The molecule has 3 rings (SSSR count). The van der Waals surface area contributed by atoms with E-state index in [1.807, 2.05) is 43.3 Å². The lowest BCUT2D eigenvalue weighted by Gasteiger charge is -2.06. The first-order valence-electron chi connectivity index (χ1n) is 6.46. The lowest BCUT2D eigenvalue weighted by atomic mass is 10.2. The number of benzene rings is 1. The van der Waals surface area contributed by atoms with Crippen LogP contribution in [-0.4, -0.2) is 19.8 Å². The van der Waals surface area contributed by atoms with Gasteiger partial charge in [-0.05, 0) is 29.8 Å². The van der Waals surface area contributed by atoms with Gasteiger partial charge in [0.15, 0.2) is 11.5 Å². The maximum atomic E-state index is 5.87. The van der Waals surface area contributed by atoms with Gasteiger partial charge in [-0.1, -0.05) is 30.7 Å². The third-order valence-electron chi connectivity index (χ3n) is 3.03. The highest BCUT2D eigenvalue weighted by atomic mass is 35.5. The van der Waals surface area contributed by atoms with E-state index in [1.54, 1.807) is 4.52 Å². The Bertz CT molecular complexity index is 720. The lowest BCUT2D eigenvalue weighted by Crippen LogP contribution is -2.05. The van der Waals surface area contributed by atoms with Crippen molar-refractivity contribution in [2.75, 3.05) is 5.32 Å². The fraction of sp³-hybridized carbons (Fsp3) is 0.214. The number of halogens is 1. The molecule has 6 heteroatoms. The highest BCUT2D eigenvalue weighted by Crippen LogP contribution is 2.12. The van der Waals surface area contributed by atoms with Gasteiger partial charge in [0.1, 0.15) is 5.82 Å². The smallest absolute Gasteiger partial charge is 0.178 e. The molecule has 2 aromatic heterocycles. The molecule has 0 saturated carbocycles. The van der Waals surface area contributed by atoms with Crippen LogP contribution >= 0.6 is 11.6 Å². The van der Waals surface area contributed by atoms with Crippen LogP contribution in [0.3, 0.4) is 0 Å². The second-order valence-electron chi connectivity index (χ2n) is 4.44. The van der Waals surface area contributed by atoms with Crippen molar-refractivity contribution in [1.82, 2.24) is 19.8 Å². The summed E-state index contributed by atoms with van der Waals surface area (Å²) in [6.07, 6.45) is 0.800. The van der Waals surface area contributed by atoms with Gasteiger partial charge in [-0.25, -0.2) is 0 Å². The van der Waals surface area contributed by atoms with Crippen molar-refractivity contribution in [3.63, 3.8) is 0 Å². The zero-order valence-corrected chi connectivity index (χ0v) is 11.8. The van der Waals surface area contributed by atoms with Crippen LogP contribution in [0.15, 0.2) is 36.4 Å². The van der Waals surface area contributed by atoms with Crippen LogP contribution in [0, 0.1) is 0 Å². The molecule has 0 amide bonds. The minimum atomic E-state index is 0.694. The molecule has 0 saturated heterocycles. The second-order valence-corrected chi connectivity index (χ2v) is 4.87. The van der Waals surface area contributed by atoms with Crippen LogP contribution in [0.4, 0.5) is 5.82 Å². The maximum Gasteiger partial charge on any atom is 0.178 e. The SMILES string of the molecule is CCc1nnc2ccc(NCc3ccc(Cl)cc3)nn12. The van der Waals surface area contributed by atoms with E-state index >= 15 is 0 Å². The summed E-state index contributed by atoms with van der Waals surface area (Å²) >= 11 is 5.87. The van der Waals surface area contributed by atoms with Gasteiger partial charge < -0.3 is 5.32 Å². The predicted octanol–water partition coefficient (Wildman–Crippen LogP) is 2.95. The summed E-state index contributed by atoms with van der Waals surface area (Å²) in [5, 5.41) is 16.7. The largest absolute Gasteiger partial charge is 0.365 e. The summed E-state index contributed by atoms with van der Waals surface area (Å²) in [6.45, 7) is 2.73. The van der Waals surface area contributed by atoms with E-state index in [0.717, 1.165) is 34.3 Å². The number of aromatic nitrogens is 4. The van der Waals surface area contributed by atoms with Crippen LogP contribution in [0.25, 0.3) is 5.65 Å². The Kier molecular flexibility index (Phi) is 3.52. The highest BCUT2D eigenvalue weighted by molar-refractivity contribution is 6.30. The molecule has 3 aromatic rings. The maximum absolute atomic E-state index is 5.87. The summed E-state index contributed by atoms with van der Waals surface area (Å²) in [5.74, 6) is 1.65. The summed E-state index contributed by atoms with van der Waals surface area (Å²) in [5.41, 5.74) is 1.91. The van der Waals surface area contributed by atoms with Crippen LogP contribution in [0.1, 0.15) is 18.3 Å². The van der Waals surface area contributed by atoms with E-state index in [9.17, 15) is 0 Å². The third-order valence-corrected chi connectivity index (χ3v) is 3.28. The average Bonchev–Trinajstić information content (AvgIpc) is 2.89. The van der Waals surface area contributed by atoms with Crippen molar-refractivity contribution in [3.8, 4) is 0 Å². The van der Waals surface area contributed by atoms with Gasteiger partial charge in [-0.2, -0.15) is 4.52 Å². The minimum Gasteiger partial charge on any atom is -0.365 e. The number of nitrogens with one attached hydrogen (secondary N) is 1. The Morgan fingerprint density at radius 2 is 1.90 bits per heavy atom. The van der Waals surface area contributed by atoms with E-state index < -0.39 is 0 Å². The first-order chi connectivity index (χ1) is 9.76. The molecule has 0 aliphatic rings. The van der Waals surface area contributed by atoms with Gasteiger partial charge in [0.05, 0.1) is 0 Å². The van der Waals surface area contributed by atoms with Crippen LogP contribution in [0.5, 0.6) is 0 Å². The fourth-order valence-electron chi connectivity index (χ4n) is 1.94. The molecule has 1 aromatic carbocycles. The summed E-state index contributed by atoms with van der Waals surface area (Å²) in [4.78, 5) is 0. The van der Waals surface area contributed by atoms with E-state index in [2.05, 4.69) is 20.6 Å². The molecule has 0 aliphatic carbocycles. The normalized spacial score (nSPS) is 10.9. The van der Waals surface area contributed by atoms with Crippen molar-refractivity contribution < 1.29 is 0 Å². The Labute approximate surface area is 121 Å². The van der Waals surface area contributed by atoms with E-state index in [0.29, 0.717) is 6.54 Å². The highest BCUT2D eigenvalue weighted by Gasteiger charge is 2.05. The van der Waals surface area contributed by atoms with E-state index in [4.69, 9.17) is 11.6 Å². The molecule has 0 radical (unpaired) electrons. The van der Waals surface area contributed by atoms with Gasteiger partial charge in [-0.3, -0.25) is 0 Å². The van der Waals surface area contributed by atoms with Gasteiger partial charge in [0.2, 0.25) is 0 Å². The molecule has 0 atom stereocenters. The fourth-order valence-corrected chi connectivity index (χ4v) is 2.07. The molecular formula is C14H14ClN5. The summed E-state index contributed by atoms with van der Waals surface area (Å²) in [6, 6.07) is 11.5. The van der Waals surface area contributed by atoms with Crippen LogP contribution < -0.4 is 5.32 Å². The number of anilines is 1. The van der Waals surface area contributed by atoms with Crippen molar-refractivity contribution >= 4 is 23.1 Å². The molecule has 102 valence electrons. The molecular weight excluding hydrogens is 274 g/mol. The Balaban J connectivity index is 1.78. The van der Waals surface area contributed by atoms with Crippen LogP contribution in [-0.2, 0) is 13.0 Å². The first-order valence-corrected chi connectivity index (χ1v) is 6.83. The number of fused-ring (bicyclic) bond motifs is 1. The molecule has 0 spiro atoms. The topological polar surface area (TPSA) is 55.1 Å². The monoisotopic (exact) mass is 287 g/mol. The number of aryl methyl sites for hydroxylation is 1. The van der Waals surface area contributed by atoms with E-state index in [1.165, 1.54) is 0 Å². The van der Waals surface area contributed by atoms with Gasteiger partial charge in [-0.15, -0.1) is 15.3 Å². The molecule has 0 unspecified atom stereocenters. The number of hydrogen-bond acceptors (Lipinski definition) is 4. The number of hydrogen-bond donors (Lipinski definition) is 1.